The summed E-state index contributed by atoms with van der Waals surface area (Å²) in [5, 5.41) is 9.74. The first kappa shape index (κ1) is 13.4. The van der Waals surface area contributed by atoms with Crippen LogP contribution in [0.1, 0.15) is 25.0 Å². The zero-order valence-corrected chi connectivity index (χ0v) is 10.7. The summed E-state index contributed by atoms with van der Waals surface area (Å²) in [6, 6.07) is 3.33. The zero-order chi connectivity index (χ0) is 13.0. The predicted molar refractivity (Wildman–Crippen MR) is 68.9 cm³/mol. The Kier molecular flexibility index (Phi) is 4.37. The highest BCUT2D eigenvalue weighted by Crippen LogP contribution is 2.27. The van der Waals surface area contributed by atoms with Crippen molar-refractivity contribution >= 4 is 11.6 Å². The fourth-order valence-electron chi connectivity index (χ4n) is 1.80. The van der Waals surface area contributed by atoms with E-state index in [-0.39, 0.29) is 18.1 Å². The molecule has 0 heterocycles. The molecule has 0 spiro atoms. The van der Waals surface area contributed by atoms with Crippen LogP contribution in [0, 0.1) is 6.92 Å². The largest absolute Gasteiger partial charge is 0.508 e. The fraction of sp³-hybridized carbons (Fsp3) is 0.462. The van der Waals surface area contributed by atoms with Crippen molar-refractivity contribution in [2.45, 2.75) is 27.2 Å². The maximum atomic E-state index is 11.9. The first-order valence-electron chi connectivity index (χ1n) is 5.85. The first-order chi connectivity index (χ1) is 8.01. The molecule has 1 rings (SSSR count). The molecule has 0 aromatic heterocycles. The van der Waals surface area contributed by atoms with Gasteiger partial charge < -0.3 is 15.7 Å². The number of phenolic OH excluding ortho intramolecular Hbond substituents is 1. The molecule has 0 saturated carbocycles. The number of aromatic hydroxyl groups is 1. The average Bonchev–Trinajstić information content (AvgIpc) is 2.31. The smallest absolute Gasteiger partial charge is 0.227 e. The van der Waals surface area contributed by atoms with Crippen molar-refractivity contribution in [3.05, 3.63) is 23.3 Å². The van der Waals surface area contributed by atoms with Gasteiger partial charge in [0.1, 0.15) is 5.75 Å². The summed E-state index contributed by atoms with van der Waals surface area (Å²) in [7, 11) is 0. The maximum absolute atomic E-state index is 11.9. The minimum atomic E-state index is -0.0115. The molecular formula is C13H20N2O2. The monoisotopic (exact) mass is 236 g/mol. The molecule has 94 valence electrons. The molecule has 0 aliphatic carbocycles. The van der Waals surface area contributed by atoms with E-state index in [0.29, 0.717) is 24.3 Å². The Hall–Kier alpha value is -1.71. The van der Waals surface area contributed by atoms with Crippen LogP contribution in [0.25, 0.3) is 0 Å². The van der Waals surface area contributed by atoms with Gasteiger partial charge in [-0.15, -0.1) is 0 Å². The third-order valence-corrected chi connectivity index (χ3v) is 2.99. The molecule has 0 bridgehead atoms. The van der Waals surface area contributed by atoms with Crippen LogP contribution in [0.15, 0.2) is 12.1 Å². The number of likely N-dealkylation sites (N-methyl/N-ethyl adjacent to an activating group) is 1. The number of nitrogens with zero attached hydrogens (tertiary/aromatic N) is 1. The molecular weight excluding hydrogens is 216 g/mol. The van der Waals surface area contributed by atoms with Gasteiger partial charge in [-0.05, 0) is 32.4 Å². The molecule has 0 aliphatic rings. The van der Waals surface area contributed by atoms with Gasteiger partial charge >= 0.3 is 0 Å². The van der Waals surface area contributed by atoms with Crippen LogP contribution in [0.3, 0.4) is 0 Å². The van der Waals surface area contributed by atoms with Crippen molar-refractivity contribution in [3.63, 3.8) is 0 Å². The molecule has 3 N–H and O–H groups in total. The highest BCUT2D eigenvalue weighted by molar-refractivity contribution is 5.82. The normalized spacial score (nSPS) is 10.3. The van der Waals surface area contributed by atoms with Crippen molar-refractivity contribution in [2.24, 2.45) is 0 Å². The molecule has 4 nitrogen and oxygen atoms in total. The Morgan fingerprint density at radius 2 is 1.94 bits per heavy atom. The highest BCUT2D eigenvalue weighted by Gasteiger charge is 2.16. The quantitative estimate of drug-likeness (QED) is 0.782. The van der Waals surface area contributed by atoms with Crippen molar-refractivity contribution in [3.8, 4) is 5.75 Å². The van der Waals surface area contributed by atoms with Crippen LogP contribution < -0.4 is 5.73 Å². The minimum absolute atomic E-state index is 0.0115. The van der Waals surface area contributed by atoms with E-state index in [1.165, 1.54) is 0 Å². The number of hydrogen-bond acceptors (Lipinski definition) is 3. The maximum Gasteiger partial charge on any atom is 0.227 e. The van der Waals surface area contributed by atoms with Gasteiger partial charge in [0.15, 0.2) is 0 Å². The number of carbonyl (C=O) groups is 1. The second kappa shape index (κ2) is 5.57. The van der Waals surface area contributed by atoms with Gasteiger partial charge in [0.05, 0.1) is 6.42 Å². The third-order valence-electron chi connectivity index (χ3n) is 2.99. The lowest BCUT2D eigenvalue weighted by molar-refractivity contribution is -0.130. The number of phenols is 1. The minimum Gasteiger partial charge on any atom is -0.508 e. The molecule has 0 saturated heterocycles. The van der Waals surface area contributed by atoms with E-state index in [2.05, 4.69) is 0 Å². The molecule has 0 aliphatic heterocycles. The predicted octanol–water partition coefficient (Wildman–Crippen LogP) is 1.69. The van der Waals surface area contributed by atoms with Gasteiger partial charge in [0.2, 0.25) is 5.91 Å². The standard InChI is InChI=1S/C13H20N2O2/c1-4-15(5-2)12(17)8-10-11(16)7-6-9(3)13(10)14/h6-7,16H,4-5,8,14H2,1-3H3. The summed E-state index contributed by atoms with van der Waals surface area (Å²) in [6.07, 6.45) is 0.154. The molecule has 1 aromatic rings. The molecule has 0 fully saturated rings. The number of anilines is 1. The third kappa shape index (κ3) is 2.90. The van der Waals surface area contributed by atoms with Crippen LogP contribution in [-0.4, -0.2) is 29.0 Å². The molecule has 0 unspecified atom stereocenters. The summed E-state index contributed by atoms with van der Waals surface area (Å²) < 4.78 is 0. The topological polar surface area (TPSA) is 66.6 Å². The molecule has 0 atom stereocenters. The molecule has 0 radical (unpaired) electrons. The number of benzene rings is 1. The van der Waals surface area contributed by atoms with Crippen molar-refractivity contribution in [1.82, 2.24) is 4.90 Å². The van der Waals surface area contributed by atoms with E-state index in [0.717, 1.165) is 5.56 Å². The van der Waals surface area contributed by atoms with E-state index < -0.39 is 0 Å². The molecule has 4 heteroatoms. The lowest BCUT2D eigenvalue weighted by atomic mass is 10.0. The molecule has 1 aromatic carbocycles. The lowest BCUT2D eigenvalue weighted by Crippen LogP contribution is -2.32. The Morgan fingerprint density at radius 3 is 2.47 bits per heavy atom. The van der Waals surface area contributed by atoms with E-state index >= 15 is 0 Å². The van der Waals surface area contributed by atoms with E-state index in [4.69, 9.17) is 5.73 Å². The number of aryl methyl sites for hydroxylation is 1. The van der Waals surface area contributed by atoms with Crippen molar-refractivity contribution in [2.75, 3.05) is 18.8 Å². The van der Waals surface area contributed by atoms with Gasteiger partial charge in [0.25, 0.3) is 0 Å². The Labute approximate surface area is 102 Å². The van der Waals surface area contributed by atoms with Gasteiger partial charge in [-0.2, -0.15) is 0 Å². The van der Waals surface area contributed by atoms with Crippen LogP contribution in [-0.2, 0) is 11.2 Å². The summed E-state index contributed by atoms with van der Waals surface area (Å²) in [5.74, 6) is 0.0798. The number of nitrogen functional groups attached to an aromatic ring is 1. The molecule has 1 amide bonds. The van der Waals surface area contributed by atoms with Crippen molar-refractivity contribution < 1.29 is 9.90 Å². The second-order valence-corrected chi connectivity index (χ2v) is 4.04. The highest BCUT2D eigenvalue weighted by atomic mass is 16.3. The zero-order valence-electron chi connectivity index (χ0n) is 10.7. The summed E-state index contributed by atoms with van der Waals surface area (Å²) in [5.41, 5.74) is 7.80. The number of amides is 1. The SMILES string of the molecule is CCN(CC)C(=O)Cc1c(O)ccc(C)c1N. The Morgan fingerprint density at radius 1 is 1.35 bits per heavy atom. The first-order valence-corrected chi connectivity index (χ1v) is 5.85. The van der Waals surface area contributed by atoms with Gasteiger partial charge in [-0.1, -0.05) is 6.07 Å². The van der Waals surface area contributed by atoms with E-state index in [1.807, 2.05) is 20.8 Å². The number of hydrogen-bond donors (Lipinski definition) is 2. The Balaban J connectivity index is 2.95. The lowest BCUT2D eigenvalue weighted by Gasteiger charge is -2.19. The van der Waals surface area contributed by atoms with Gasteiger partial charge in [0, 0.05) is 24.3 Å². The summed E-state index contributed by atoms with van der Waals surface area (Å²) in [6.45, 7) is 7.06. The number of rotatable bonds is 4. The number of carbonyl (C=O) groups excluding carboxylic acids is 1. The fourth-order valence-corrected chi connectivity index (χ4v) is 1.80. The van der Waals surface area contributed by atoms with Gasteiger partial charge in [-0.25, -0.2) is 0 Å². The van der Waals surface area contributed by atoms with E-state index in [9.17, 15) is 9.90 Å². The van der Waals surface area contributed by atoms with Crippen molar-refractivity contribution in [1.29, 1.82) is 0 Å². The van der Waals surface area contributed by atoms with Crippen LogP contribution in [0.5, 0.6) is 5.75 Å². The second-order valence-electron chi connectivity index (χ2n) is 4.04. The Bertz CT molecular complexity index is 412. The average molecular weight is 236 g/mol. The van der Waals surface area contributed by atoms with E-state index in [1.54, 1.807) is 17.0 Å². The van der Waals surface area contributed by atoms with Crippen LogP contribution in [0.2, 0.25) is 0 Å². The number of nitrogens with two attached hydrogens (primary N) is 1. The summed E-state index contributed by atoms with van der Waals surface area (Å²) in [4.78, 5) is 13.7. The van der Waals surface area contributed by atoms with Crippen LogP contribution in [0.4, 0.5) is 5.69 Å². The van der Waals surface area contributed by atoms with Gasteiger partial charge in [-0.3, -0.25) is 4.79 Å². The summed E-state index contributed by atoms with van der Waals surface area (Å²) >= 11 is 0. The van der Waals surface area contributed by atoms with Crippen LogP contribution >= 0.6 is 0 Å². The molecule has 17 heavy (non-hydrogen) atoms.